The number of para-hydroxylation sites is 1. The monoisotopic (exact) mass is 215 g/mol. The van der Waals surface area contributed by atoms with Crippen LogP contribution in [0.3, 0.4) is 0 Å². The Bertz CT molecular complexity index is 468. The molecule has 1 heterocycles. The van der Waals surface area contributed by atoms with Crippen molar-refractivity contribution >= 4 is 5.82 Å². The van der Waals surface area contributed by atoms with Gasteiger partial charge >= 0.3 is 0 Å². The predicted molar refractivity (Wildman–Crippen MR) is 62.2 cm³/mol. The number of nitrogens with zero attached hydrogens (tertiary/aromatic N) is 2. The third-order valence-corrected chi connectivity index (χ3v) is 2.30. The van der Waals surface area contributed by atoms with Crippen LogP contribution in [0, 0.1) is 0 Å². The summed E-state index contributed by atoms with van der Waals surface area (Å²) in [5.41, 5.74) is 7.44. The van der Waals surface area contributed by atoms with Crippen LogP contribution >= 0.6 is 0 Å². The van der Waals surface area contributed by atoms with Gasteiger partial charge in [-0.05, 0) is 18.2 Å². The van der Waals surface area contributed by atoms with Crippen LogP contribution in [0.5, 0.6) is 5.75 Å². The molecule has 0 bridgehead atoms. The second kappa shape index (κ2) is 4.61. The second-order valence-electron chi connectivity index (χ2n) is 3.44. The summed E-state index contributed by atoms with van der Waals surface area (Å²) in [5, 5.41) is 7.84. The van der Waals surface area contributed by atoms with E-state index in [1.807, 2.05) is 30.3 Å². The van der Waals surface area contributed by atoms with E-state index in [9.17, 15) is 0 Å². The number of nitrogens with two attached hydrogens (primary N) is 1. The van der Waals surface area contributed by atoms with E-state index in [0.29, 0.717) is 12.2 Å². The minimum absolute atomic E-state index is 0.434. The normalized spacial score (nSPS) is 10.1. The average molecular weight is 215 g/mol. The lowest BCUT2D eigenvalue weighted by molar-refractivity contribution is 0.410. The lowest BCUT2D eigenvalue weighted by Gasteiger charge is -2.07. The summed E-state index contributed by atoms with van der Waals surface area (Å²) in [7, 11) is 1.66. The van der Waals surface area contributed by atoms with Gasteiger partial charge in [-0.3, -0.25) is 0 Å². The number of hydrogen-bond acceptors (Lipinski definition) is 4. The van der Waals surface area contributed by atoms with E-state index in [0.717, 1.165) is 17.0 Å². The molecular weight excluding hydrogens is 202 g/mol. The zero-order valence-electron chi connectivity index (χ0n) is 9.05. The molecule has 82 valence electrons. The van der Waals surface area contributed by atoms with Gasteiger partial charge in [-0.2, -0.15) is 5.10 Å². The van der Waals surface area contributed by atoms with Gasteiger partial charge in [-0.15, -0.1) is 5.10 Å². The summed E-state index contributed by atoms with van der Waals surface area (Å²) in [6.07, 6.45) is 0.692. The van der Waals surface area contributed by atoms with Crippen molar-refractivity contribution in [2.75, 3.05) is 12.8 Å². The van der Waals surface area contributed by atoms with Crippen LogP contribution in [0.25, 0.3) is 0 Å². The number of benzene rings is 1. The van der Waals surface area contributed by atoms with Gasteiger partial charge in [0.1, 0.15) is 11.6 Å². The first kappa shape index (κ1) is 10.4. The molecule has 0 radical (unpaired) electrons. The topological polar surface area (TPSA) is 61.0 Å². The first-order valence-corrected chi connectivity index (χ1v) is 4.99. The van der Waals surface area contributed by atoms with Gasteiger partial charge in [0.25, 0.3) is 0 Å². The van der Waals surface area contributed by atoms with Gasteiger partial charge in [-0.25, -0.2) is 0 Å². The Morgan fingerprint density at radius 3 is 2.62 bits per heavy atom. The van der Waals surface area contributed by atoms with Gasteiger partial charge in [0.05, 0.1) is 12.8 Å². The predicted octanol–water partition coefficient (Wildman–Crippen LogP) is 1.66. The number of methoxy groups -OCH3 is 1. The van der Waals surface area contributed by atoms with Crippen LogP contribution in [0.4, 0.5) is 5.82 Å². The maximum absolute atomic E-state index is 5.48. The van der Waals surface area contributed by atoms with Crippen molar-refractivity contribution in [2.45, 2.75) is 6.42 Å². The molecule has 2 rings (SSSR count). The van der Waals surface area contributed by atoms with Gasteiger partial charge < -0.3 is 10.5 Å². The van der Waals surface area contributed by atoms with Gasteiger partial charge in [0.2, 0.25) is 0 Å². The van der Waals surface area contributed by atoms with Crippen LogP contribution in [0.15, 0.2) is 36.4 Å². The highest BCUT2D eigenvalue weighted by molar-refractivity contribution is 5.36. The van der Waals surface area contributed by atoms with Crippen LogP contribution in [0.1, 0.15) is 11.3 Å². The molecule has 0 aliphatic heterocycles. The van der Waals surface area contributed by atoms with Crippen LogP contribution < -0.4 is 10.5 Å². The number of anilines is 1. The van der Waals surface area contributed by atoms with Crippen molar-refractivity contribution in [2.24, 2.45) is 0 Å². The van der Waals surface area contributed by atoms with E-state index in [4.69, 9.17) is 10.5 Å². The van der Waals surface area contributed by atoms with Crippen molar-refractivity contribution in [3.8, 4) is 5.75 Å². The van der Waals surface area contributed by atoms with Crippen molar-refractivity contribution in [3.63, 3.8) is 0 Å². The molecule has 1 aromatic heterocycles. The second-order valence-corrected chi connectivity index (χ2v) is 3.44. The molecule has 0 amide bonds. The molecule has 1 aromatic carbocycles. The third-order valence-electron chi connectivity index (χ3n) is 2.30. The van der Waals surface area contributed by atoms with E-state index in [-0.39, 0.29) is 0 Å². The Kier molecular flexibility index (Phi) is 3.00. The molecule has 0 saturated heterocycles. The van der Waals surface area contributed by atoms with Crippen LogP contribution in [-0.4, -0.2) is 17.3 Å². The number of ether oxygens (including phenoxy) is 1. The van der Waals surface area contributed by atoms with E-state index >= 15 is 0 Å². The van der Waals surface area contributed by atoms with Crippen molar-refractivity contribution < 1.29 is 4.74 Å². The molecule has 0 aliphatic rings. The molecule has 16 heavy (non-hydrogen) atoms. The minimum atomic E-state index is 0.434. The molecule has 0 aliphatic carbocycles. The fourth-order valence-electron chi connectivity index (χ4n) is 1.51. The first-order chi connectivity index (χ1) is 7.79. The maximum atomic E-state index is 5.48. The van der Waals surface area contributed by atoms with Gasteiger partial charge in [0, 0.05) is 12.0 Å². The fourth-order valence-corrected chi connectivity index (χ4v) is 1.51. The third kappa shape index (κ3) is 2.28. The molecule has 0 spiro atoms. The van der Waals surface area contributed by atoms with E-state index in [1.54, 1.807) is 13.2 Å². The Morgan fingerprint density at radius 2 is 1.94 bits per heavy atom. The molecule has 0 saturated carbocycles. The molecule has 0 atom stereocenters. The van der Waals surface area contributed by atoms with Gasteiger partial charge in [0.15, 0.2) is 0 Å². The average Bonchev–Trinajstić information content (AvgIpc) is 2.33. The summed E-state index contributed by atoms with van der Waals surface area (Å²) in [6.45, 7) is 0. The zero-order chi connectivity index (χ0) is 11.4. The molecule has 4 heteroatoms. The Hall–Kier alpha value is -2.10. The highest BCUT2D eigenvalue weighted by atomic mass is 16.5. The minimum Gasteiger partial charge on any atom is -0.496 e. The van der Waals surface area contributed by atoms with Crippen molar-refractivity contribution in [3.05, 3.63) is 47.7 Å². The van der Waals surface area contributed by atoms with Crippen molar-refractivity contribution in [1.29, 1.82) is 0 Å². The Labute approximate surface area is 94.1 Å². The summed E-state index contributed by atoms with van der Waals surface area (Å²) in [6, 6.07) is 11.5. The zero-order valence-corrected chi connectivity index (χ0v) is 9.05. The molecule has 0 fully saturated rings. The summed E-state index contributed by atoms with van der Waals surface area (Å²) in [4.78, 5) is 0. The van der Waals surface area contributed by atoms with Gasteiger partial charge in [-0.1, -0.05) is 18.2 Å². The molecular formula is C12H13N3O. The Balaban J connectivity index is 2.23. The summed E-state index contributed by atoms with van der Waals surface area (Å²) in [5.74, 6) is 1.30. The molecule has 2 N–H and O–H groups in total. The van der Waals surface area contributed by atoms with Crippen LogP contribution in [-0.2, 0) is 6.42 Å². The highest BCUT2D eigenvalue weighted by Gasteiger charge is 2.04. The number of rotatable bonds is 3. The SMILES string of the molecule is COc1ccccc1Cc1ccc(N)nn1. The van der Waals surface area contributed by atoms with Crippen LogP contribution in [0.2, 0.25) is 0 Å². The lowest BCUT2D eigenvalue weighted by Crippen LogP contribution is -1.99. The number of nitrogen functional groups attached to an aromatic ring is 1. The Morgan fingerprint density at radius 1 is 1.12 bits per heavy atom. The van der Waals surface area contributed by atoms with E-state index < -0.39 is 0 Å². The first-order valence-electron chi connectivity index (χ1n) is 4.99. The smallest absolute Gasteiger partial charge is 0.146 e. The molecule has 4 nitrogen and oxygen atoms in total. The summed E-state index contributed by atoms with van der Waals surface area (Å²) >= 11 is 0. The molecule has 2 aromatic rings. The highest BCUT2D eigenvalue weighted by Crippen LogP contribution is 2.19. The number of aromatic nitrogens is 2. The maximum Gasteiger partial charge on any atom is 0.146 e. The fraction of sp³-hybridized carbons (Fsp3) is 0.167. The number of hydrogen-bond donors (Lipinski definition) is 1. The standard InChI is InChI=1S/C12H13N3O/c1-16-11-5-3-2-4-9(11)8-10-6-7-12(13)15-14-10/h2-7H,8H2,1H3,(H2,13,15). The molecule has 0 unspecified atom stereocenters. The summed E-state index contributed by atoms with van der Waals surface area (Å²) < 4.78 is 5.27. The largest absolute Gasteiger partial charge is 0.496 e. The lowest BCUT2D eigenvalue weighted by atomic mass is 10.1. The van der Waals surface area contributed by atoms with Crippen molar-refractivity contribution in [1.82, 2.24) is 10.2 Å². The van der Waals surface area contributed by atoms with E-state index in [2.05, 4.69) is 10.2 Å². The quantitative estimate of drug-likeness (QED) is 0.845. The van der Waals surface area contributed by atoms with E-state index in [1.165, 1.54) is 0 Å².